The topological polar surface area (TPSA) is 41.6 Å². The minimum Gasteiger partial charge on any atom is -0.444 e. The van der Waals surface area contributed by atoms with E-state index in [0.717, 1.165) is 17.1 Å². The summed E-state index contributed by atoms with van der Waals surface area (Å²) >= 11 is 1.68. The average Bonchev–Trinajstić information content (AvgIpc) is 2.72. The fourth-order valence-electron chi connectivity index (χ4n) is 2.60. The lowest BCUT2D eigenvalue weighted by Crippen LogP contribution is -2.44. The van der Waals surface area contributed by atoms with E-state index in [9.17, 15) is 4.79 Å². The molecule has 1 aliphatic heterocycles. The van der Waals surface area contributed by atoms with Crippen LogP contribution in [0.15, 0.2) is 24.9 Å². The summed E-state index contributed by atoms with van der Waals surface area (Å²) < 4.78 is 5.53. The van der Waals surface area contributed by atoms with Crippen molar-refractivity contribution in [2.24, 2.45) is 0 Å². The number of amides is 1. The summed E-state index contributed by atoms with van der Waals surface area (Å²) in [7, 11) is 0. The Morgan fingerprint density at radius 1 is 1.48 bits per heavy atom. The fourth-order valence-corrected chi connectivity index (χ4v) is 3.87. The van der Waals surface area contributed by atoms with Crippen LogP contribution in [0, 0.1) is 6.92 Å². The first-order valence-electron chi connectivity index (χ1n) is 7.81. The lowest BCUT2D eigenvalue weighted by Gasteiger charge is -2.35. The Labute approximate surface area is 142 Å². The van der Waals surface area contributed by atoms with Gasteiger partial charge in [-0.3, -0.25) is 0 Å². The largest absolute Gasteiger partial charge is 0.444 e. The van der Waals surface area contributed by atoms with Gasteiger partial charge in [0.15, 0.2) is 0 Å². The Morgan fingerprint density at radius 3 is 2.70 bits per heavy atom. The molecular formula is C18H26N2O2S. The quantitative estimate of drug-likeness (QED) is 0.803. The van der Waals surface area contributed by atoms with Gasteiger partial charge >= 0.3 is 6.09 Å². The van der Waals surface area contributed by atoms with Crippen molar-refractivity contribution in [1.29, 1.82) is 0 Å². The van der Waals surface area contributed by atoms with Crippen LogP contribution in [0.2, 0.25) is 0 Å². The lowest BCUT2D eigenvalue weighted by molar-refractivity contribution is 0.0141. The summed E-state index contributed by atoms with van der Waals surface area (Å²) in [6.07, 6.45) is 2.30. The molecule has 1 atom stereocenters. The van der Waals surface area contributed by atoms with Gasteiger partial charge in [-0.15, -0.1) is 11.3 Å². The fraction of sp³-hybridized carbons (Fsp3) is 0.500. The van der Waals surface area contributed by atoms with Gasteiger partial charge in [0.1, 0.15) is 5.60 Å². The normalized spacial score (nSPS) is 17.4. The summed E-state index contributed by atoms with van der Waals surface area (Å²) in [4.78, 5) is 15.4. The van der Waals surface area contributed by atoms with Crippen molar-refractivity contribution in [2.75, 3.05) is 5.32 Å². The molecular weight excluding hydrogens is 308 g/mol. The molecule has 2 rings (SSSR count). The Bertz CT molecular complexity index is 640. The SMILES string of the molecule is C=CC(=C)Nc1sc2c(c1C)CC(C)N(C(=O)OC(C)(C)C)C2. The highest BCUT2D eigenvalue weighted by Crippen LogP contribution is 2.39. The summed E-state index contributed by atoms with van der Waals surface area (Å²) in [5.74, 6) is 0. The van der Waals surface area contributed by atoms with Crippen molar-refractivity contribution in [1.82, 2.24) is 4.90 Å². The molecule has 0 saturated carbocycles. The van der Waals surface area contributed by atoms with Crippen LogP contribution in [0.1, 0.15) is 43.7 Å². The standard InChI is InChI=1S/C18H26N2O2S/c1-8-11(2)19-16-13(4)14-9-12(3)20(10-15(14)23-16)17(21)22-18(5,6)7/h8,12,19H,1-2,9-10H2,3-7H3. The van der Waals surface area contributed by atoms with Gasteiger partial charge in [-0.2, -0.15) is 0 Å². The third-order valence-corrected chi connectivity index (χ3v) is 5.08. The van der Waals surface area contributed by atoms with Gasteiger partial charge in [0.2, 0.25) is 0 Å². The molecule has 5 heteroatoms. The molecule has 23 heavy (non-hydrogen) atoms. The third-order valence-electron chi connectivity index (χ3n) is 3.85. The van der Waals surface area contributed by atoms with Crippen LogP contribution >= 0.6 is 11.3 Å². The van der Waals surface area contributed by atoms with Gasteiger partial charge in [0, 0.05) is 16.6 Å². The zero-order chi connectivity index (χ0) is 17.4. The molecule has 0 spiro atoms. The summed E-state index contributed by atoms with van der Waals surface area (Å²) in [6.45, 7) is 18.1. The Kier molecular flexibility index (Phi) is 4.90. The van der Waals surface area contributed by atoms with Crippen molar-refractivity contribution in [3.63, 3.8) is 0 Å². The van der Waals surface area contributed by atoms with Gasteiger partial charge in [0.05, 0.1) is 11.5 Å². The number of hydrogen-bond donors (Lipinski definition) is 1. The van der Waals surface area contributed by atoms with E-state index in [4.69, 9.17) is 4.74 Å². The minimum atomic E-state index is -0.475. The number of nitrogens with one attached hydrogen (secondary N) is 1. The molecule has 0 bridgehead atoms. The average molecular weight is 334 g/mol. The minimum absolute atomic E-state index is 0.126. The second-order valence-electron chi connectivity index (χ2n) is 6.97. The number of carbonyl (C=O) groups excluding carboxylic acids is 1. The molecule has 126 valence electrons. The van der Waals surface area contributed by atoms with E-state index in [1.165, 1.54) is 16.0 Å². The first-order chi connectivity index (χ1) is 10.6. The number of nitrogens with zero attached hydrogens (tertiary/aromatic N) is 1. The number of thiophene rings is 1. The monoisotopic (exact) mass is 334 g/mol. The number of allylic oxidation sites excluding steroid dienone is 1. The molecule has 0 radical (unpaired) electrons. The van der Waals surface area contributed by atoms with E-state index in [2.05, 4.69) is 32.3 Å². The van der Waals surface area contributed by atoms with E-state index in [1.807, 2.05) is 25.7 Å². The number of ether oxygens (including phenoxy) is 1. The Hall–Kier alpha value is -1.75. The number of anilines is 1. The molecule has 2 heterocycles. The van der Waals surface area contributed by atoms with E-state index in [0.29, 0.717) is 6.54 Å². The lowest BCUT2D eigenvalue weighted by atomic mass is 9.98. The molecule has 1 aromatic heterocycles. The predicted molar refractivity (Wildman–Crippen MR) is 97.0 cm³/mol. The van der Waals surface area contributed by atoms with Gasteiger partial charge in [0.25, 0.3) is 0 Å². The maximum atomic E-state index is 12.4. The molecule has 1 amide bonds. The highest BCUT2D eigenvalue weighted by Gasteiger charge is 2.32. The number of hydrogen-bond acceptors (Lipinski definition) is 4. The van der Waals surface area contributed by atoms with Crippen molar-refractivity contribution in [2.45, 2.75) is 59.2 Å². The molecule has 1 aromatic rings. The van der Waals surface area contributed by atoms with E-state index >= 15 is 0 Å². The van der Waals surface area contributed by atoms with Crippen LogP contribution in [0.4, 0.5) is 9.80 Å². The van der Waals surface area contributed by atoms with E-state index in [-0.39, 0.29) is 12.1 Å². The van der Waals surface area contributed by atoms with Gasteiger partial charge < -0.3 is 15.0 Å². The van der Waals surface area contributed by atoms with Crippen molar-refractivity contribution < 1.29 is 9.53 Å². The molecule has 0 fully saturated rings. The third kappa shape index (κ3) is 3.96. The summed E-state index contributed by atoms with van der Waals surface area (Å²) in [6, 6.07) is 0.126. The molecule has 0 aromatic carbocycles. The van der Waals surface area contributed by atoms with Crippen LogP contribution in [0.5, 0.6) is 0 Å². The Balaban J connectivity index is 2.22. The van der Waals surface area contributed by atoms with Crippen LogP contribution in [0.3, 0.4) is 0 Å². The van der Waals surface area contributed by atoms with Crippen LogP contribution in [-0.4, -0.2) is 22.6 Å². The van der Waals surface area contributed by atoms with E-state index in [1.54, 1.807) is 17.4 Å². The molecule has 1 unspecified atom stereocenters. The molecule has 0 aliphatic carbocycles. The van der Waals surface area contributed by atoms with Crippen molar-refractivity contribution in [3.8, 4) is 0 Å². The molecule has 0 saturated heterocycles. The second kappa shape index (κ2) is 6.40. The zero-order valence-corrected chi connectivity index (χ0v) is 15.5. The number of carbonyl (C=O) groups is 1. The number of fused-ring (bicyclic) bond motifs is 1. The second-order valence-corrected chi connectivity index (χ2v) is 8.08. The smallest absolute Gasteiger partial charge is 0.410 e. The van der Waals surface area contributed by atoms with Crippen LogP contribution in [0.25, 0.3) is 0 Å². The van der Waals surface area contributed by atoms with Crippen molar-refractivity contribution in [3.05, 3.63) is 40.9 Å². The zero-order valence-electron chi connectivity index (χ0n) is 14.7. The van der Waals surface area contributed by atoms with Crippen LogP contribution in [-0.2, 0) is 17.7 Å². The summed E-state index contributed by atoms with van der Waals surface area (Å²) in [5, 5.41) is 4.37. The summed E-state index contributed by atoms with van der Waals surface area (Å²) in [5.41, 5.74) is 2.88. The van der Waals surface area contributed by atoms with Gasteiger partial charge in [-0.1, -0.05) is 13.2 Å². The van der Waals surface area contributed by atoms with Crippen LogP contribution < -0.4 is 5.32 Å². The molecule has 1 aliphatic rings. The molecule has 4 nitrogen and oxygen atoms in total. The maximum Gasteiger partial charge on any atom is 0.410 e. The van der Waals surface area contributed by atoms with Gasteiger partial charge in [-0.25, -0.2) is 4.79 Å². The first kappa shape index (κ1) is 17.6. The molecule has 1 N–H and O–H groups in total. The highest BCUT2D eigenvalue weighted by molar-refractivity contribution is 7.16. The van der Waals surface area contributed by atoms with E-state index < -0.39 is 5.60 Å². The first-order valence-corrected chi connectivity index (χ1v) is 8.63. The highest BCUT2D eigenvalue weighted by atomic mass is 32.1. The maximum absolute atomic E-state index is 12.4. The number of rotatable bonds is 3. The predicted octanol–water partition coefficient (Wildman–Crippen LogP) is 4.85. The van der Waals surface area contributed by atoms with Gasteiger partial charge in [-0.05, 0) is 58.2 Å². The van der Waals surface area contributed by atoms with Crippen molar-refractivity contribution >= 4 is 22.4 Å². The Morgan fingerprint density at radius 2 is 2.13 bits per heavy atom.